The minimum atomic E-state index is -0.836. The molecule has 0 bridgehead atoms. The van der Waals surface area contributed by atoms with Gasteiger partial charge in [-0.2, -0.15) is 0 Å². The van der Waals surface area contributed by atoms with Crippen molar-refractivity contribution in [3.8, 4) is 0 Å². The predicted octanol–water partition coefficient (Wildman–Crippen LogP) is 3.39. The highest BCUT2D eigenvalue weighted by Crippen LogP contribution is 2.30. The molecular weight excluding hydrogens is 288 g/mol. The van der Waals surface area contributed by atoms with E-state index in [1.54, 1.807) is 0 Å². The average Bonchev–Trinajstić information content (AvgIpc) is 3.13. The van der Waals surface area contributed by atoms with Crippen LogP contribution in [0.1, 0.15) is 46.9 Å². The van der Waals surface area contributed by atoms with Crippen molar-refractivity contribution in [1.29, 1.82) is 0 Å². The van der Waals surface area contributed by atoms with Gasteiger partial charge in [0, 0.05) is 24.7 Å². The molecule has 1 aliphatic rings. The maximum absolute atomic E-state index is 11.7. The maximum Gasteiger partial charge on any atom is 0.337 e. The van der Waals surface area contributed by atoms with E-state index in [1.807, 2.05) is 13.1 Å². The number of hydrogen-bond donors (Lipinski definition) is 1. The second-order valence-corrected chi connectivity index (χ2v) is 6.62. The molecule has 1 aromatic heterocycles. The standard InChI is InChI=1S/C19H26N2O2/c1-4-14-11-16-15(7-10-21-8-5-6-9-21)13(2)20(3)18(16)17(12-14)19(22)23/h11-12H,4-10H2,1-3H3,(H,22,23). The molecule has 2 aromatic rings. The lowest BCUT2D eigenvalue weighted by atomic mass is 10.0. The van der Waals surface area contributed by atoms with Crippen LogP contribution in [0, 0.1) is 6.92 Å². The van der Waals surface area contributed by atoms with Crippen LogP contribution in [0.5, 0.6) is 0 Å². The zero-order valence-electron chi connectivity index (χ0n) is 14.4. The summed E-state index contributed by atoms with van der Waals surface area (Å²) in [6.45, 7) is 7.65. The Morgan fingerprint density at radius 3 is 2.57 bits per heavy atom. The number of hydrogen-bond acceptors (Lipinski definition) is 2. The van der Waals surface area contributed by atoms with Gasteiger partial charge in [-0.15, -0.1) is 0 Å². The molecular formula is C19H26N2O2. The SMILES string of the molecule is CCc1cc(C(=O)O)c2c(c1)c(CCN1CCCC1)c(C)n2C. The first kappa shape index (κ1) is 16.1. The number of carboxylic acids is 1. The van der Waals surface area contributed by atoms with Crippen molar-refractivity contribution in [3.63, 3.8) is 0 Å². The van der Waals surface area contributed by atoms with Gasteiger partial charge in [0.15, 0.2) is 0 Å². The number of fused-ring (bicyclic) bond motifs is 1. The molecule has 3 rings (SSSR count). The Morgan fingerprint density at radius 2 is 1.96 bits per heavy atom. The van der Waals surface area contributed by atoms with Crippen LogP contribution in [-0.2, 0) is 19.9 Å². The molecule has 1 aromatic carbocycles. The van der Waals surface area contributed by atoms with Crippen molar-refractivity contribution in [2.24, 2.45) is 7.05 Å². The zero-order valence-corrected chi connectivity index (χ0v) is 14.4. The predicted molar refractivity (Wildman–Crippen MR) is 93.4 cm³/mol. The van der Waals surface area contributed by atoms with E-state index in [9.17, 15) is 9.90 Å². The summed E-state index contributed by atoms with van der Waals surface area (Å²) < 4.78 is 2.05. The van der Waals surface area contributed by atoms with Gasteiger partial charge in [-0.05, 0) is 69.0 Å². The fourth-order valence-electron chi connectivity index (χ4n) is 3.81. The van der Waals surface area contributed by atoms with Gasteiger partial charge in [-0.1, -0.05) is 6.92 Å². The molecule has 2 heterocycles. The summed E-state index contributed by atoms with van der Waals surface area (Å²) in [5.41, 5.74) is 4.89. The van der Waals surface area contributed by atoms with Crippen LogP contribution in [0.3, 0.4) is 0 Å². The fraction of sp³-hybridized carbons (Fsp3) is 0.526. The summed E-state index contributed by atoms with van der Waals surface area (Å²) in [7, 11) is 1.98. The van der Waals surface area contributed by atoms with Crippen LogP contribution in [0.4, 0.5) is 0 Å². The van der Waals surface area contributed by atoms with Crippen LogP contribution in [0.2, 0.25) is 0 Å². The molecule has 0 aliphatic carbocycles. The zero-order chi connectivity index (χ0) is 16.6. The van der Waals surface area contributed by atoms with Crippen LogP contribution in [-0.4, -0.2) is 40.2 Å². The van der Waals surface area contributed by atoms with E-state index >= 15 is 0 Å². The van der Waals surface area contributed by atoms with Gasteiger partial charge < -0.3 is 14.6 Å². The molecule has 1 fully saturated rings. The highest BCUT2D eigenvalue weighted by Gasteiger charge is 2.20. The smallest absolute Gasteiger partial charge is 0.337 e. The van der Waals surface area contributed by atoms with Gasteiger partial charge in [0.2, 0.25) is 0 Å². The van der Waals surface area contributed by atoms with E-state index in [4.69, 9.17) is 0 Å². The quantitative estimate of drug-likeness (QED) is 0.920. The fourth-order valence-corrected chi connectivity index (χ4v) is 3.81. The van der Waals surface area contributed by atoms with Crippen LogP contribution >= 0.6 is 0 Å². The summed E-state index contributed by atoms with van der Waals surface area (Å²) in [6.07, 6.45) is 4.46. The minimum Gasteiger partial charge on any atom is -0.478 e. The Bertz CT molecular complexity index is 740. The number of aromatic nitrogens is 1. The summed E-state index contributed by atoms with van der Waals surface area (Å²) >= 11 is 0. The highest BCUT2D eigenvalue weighted by molar-refractivity contribution is 6.04. The molecule has 0 unspecified atom stereocenters. The Hall–Kier alpha value is -1.81. The van der Waals surface area contributed by atoms with E-state index in [0.29, 0.717) is 5.56 Å². The third-order valence-corrected chi connectivity index (χ3v) is 5.29. The minimum absolute atomic E-state index is 0.428. The Balaban J connectivity index is 2.07. The van der Waals surface area contributed by atoms with Gasteiger partial charge in [0.1, 0.15) is 0 Å². The monoisotopic (exact) mass is 314 g/mol. The van der Waals surface area contributed by atoms with Crippen LogP contribution in [0.15, 0.2) is 12.1 Å². The van der Waals surface area contributed by atoms with Crippen molar-refractivity contribution in [2.75, 3.05) is 19.6 Å². The molecule has 124 valence electrons. The Kier molecular flexibility index (Phi) is 4.44. The van der Waals surface area contributed by atoms with Gasteiger partial charge in [-0.3, -0.25) is 0 Å². The number of likely N-dealkylation sites (tertiary alicyclic amines) is 1. The van der Waals surface area contributed by atoms with Crippen molar-refractivity contribution < 1.29 is 9.90 Å². The van der Waals surface area contributed by atoms with Gasteiger partial charge in [-0.25, -0.2) is 4.79 Å². The van der Waals surface area contributed by atoms with E-state index in [0.717, 1.165) is 35.9 Å². The highest BCUT2D eigenvalue weighted by atomic mass is 16.4. The van der Waals surface area contributed by atoms with Crippen molar-refractivity contribution in [2.45, 2.75) is 39.5 Å². The molecule has 0 saturated carbocycles. The first-order chi connectivity index (χ1) is 11.0. The van der Waals surface area contributed by atoms with Gasteiger partial charge in [0.25, 0.3) is 0 Å². The molecule has 23 heavy (non-hydrogen) atoms. The number of carbonyl (C=O) groups is 1. The molecule has 4 heteroatoms. The second kappa shape index (κ2) is 6.36. The molecule has 1 saturated heterocycles. The van der Waals surface area contributed by atoms with Crippen molar-refractivity contribution >= 4 is 16.9 Å². The third kappa shape index (κ3) is 2.88. The normalized spacial score (nSPS) is 15.6. The molecule has 0 atom stereocenters. The lowest BCUT2D eigenvalue weighted by Crippen LogP contribution is -2.22. The lowest BCUT2D eigenvalue weighted by molar-refractivity contribution is 0.0698. The number of aryl methyl sites for hydroxylation is 2. The van der Waals surface area contributed by atoms with E-state index < -0.39 is 5.97 Å². The first-order valence-electron chi connectivity index (χ1n) is 8.59. The Morgan fingerprint density at radius 1 is 1.26 bits per heavy atom. The van der Waals surface area contributed by atoms with Gasteiger partial charge >= 0.3 is 5.97 Å². The maximum atomic E-state index is 11.7. The van der Waals surface area contributed by atoms with Gasteiger partial charge in [0.05, 0.1) is 11.1 Å². The summed E-state index contributed by atoms with van der Waals surface area (Å²) in [6, 6.07) is 4.02. The average molecular weight is 314 g/mol. The molecule has 0 amide bonds. The number of carboxylic acid groups (broad SMARTS) is 1. The van der Waals surface area contributed by atoms with Crippen molar-refractivity contribution in [1.82, 2.24) is 9.47 Å². The third-order valence-electron chi connectivity index (χ3n) is 5.29. The van der Waals surface area contributed by atoms with Crippen LogP contribution in [0.25, 0.3) is 10.9 Å². The lowest BCUT2D eigenvalue weighted by Gasteiger charge is -2.14. The van der Waals surface area contributed by atoms with E-state index in [2.05, 4.69) is 29.4 Å². The number of benzene rings is 1. The van der Waals surface area contributed by atoms with Crippen LogP contribution < -0.4 is 0 Å². The largest absolute Gasteiger partial charge is 0.478 e. The van der Waals surface area contributed by atoms with E-state index in [-0.39, 0.29) is 0 Å². The molecule has 4 nitrogen and oxygen atoms in total. The molecule has 0 radical (unpaired) electrons. The Labute approximate surface area is 137 Å². The van der Waals surface area contributed by atoms with E-state index in [1.165, 1.54) is 37.2 Å². The molecule has 1 aliphatic heterocycles. The summed E-state index contributed by atoms with van der Waals surface area (Å²) in [4.78, 5) is 14.2. The molecule has 1 N–H and O–H groups in total. The number of aromatic carboxylic acids is 1. The second-order valence-electron chi connectivity index (χ2n) is 6.62. The molecule has 0 spiro atoms. The van der Waals surface area contributed by atoms with Crippen molar-refractivity contribution in [3.05, 3.63) is 34.5 Å². The first-order valence-corrected chi connectivity index (χ1v) is 8.59. The topological polar surface area (TPSA) is 45.5 Å². The number of rotatable bonds is 5. The summed E-state index contributed by atoms with van der Waals surface area (Å²) in [5.74, 6) is -0.836. The number of nitrogens with zero attached hydrogens (tertiary/aromatic N) is 2. The summed E-state index contributed by atoms with van der Waals surface area (Å²) in [5, 5.41) is 10.7.